The van der Waals surface area contributed by atoms with Crippen LogP contribution in [0.15, 0.2) is 60.7 Å². The van der Waals surface area contributed by atoms with Crippen LogP contribution in [0.1, 0.15) is 143 Å². The predicted octanol–water partition coefficient (Wildman–Crippen LogP) is 13.6. The normalized spacial score (nSPS) is 19.1. The van der Waals surface area contributed by atoms with E-state index in [9.17, 15) is 0 Å². The zero-order valence-electron chi connectivity index (χ0n) is 33.2. The van der Waals surface area contributed by atoms with E-state index in [2.05, 4.69) is 125 Å². The van der Waals surface area contributed by atoms with E-state index in [1.165, 1.54) is 124 Å². The predicted molar refractivity (Wildman–Crippen MR) is 225 cm³/mol. The molecule has 0 unspecified atom stereocenters. The van der Waals surface area contributed by atoms with Gasteiger partial charge in [0, 0.05) is 0 Å². The molecule has 1 saturated carbocycles. The van der Waals surface area contributed by atoms with E-state index in [-0.39, 0.29) is 0 Å². The largest absolute Gasteiger partial charge is 0.296 e. The van der Waals surface area contributed by atoms with Gasteiger partial charge >= 0.3 is 0 Å². The first-order valence-electron chi connectivity index (χ1n) is 21.0. The van der Waals surface area contributed by atoms with Gasteiger partial charge in [0.1, 0.15) is 16.1 Å². The van der Waals surface area contributed by atoms with E-state index in [4.69, 9.17) is 0 Å². The summed E-state index contributed by atoms with van der Waals surface area (Å²) in [6, 6.07) is 29.2. The lowest BCUT2D eigenvalue weighted by atomic mass is 9.73. The van der Waals surface area contributed by atoms with Crippen molar-refractivity contribution in [2.45, 2.75) is 181 Å². The molecule has 2 aromatic carbocycles. The van der Waals surface area contributed by atoms with E-state index in [0.717, 1.165) is 12.8 Å². The van der Waals surface area contributed by atoms with Gasteiger partial charge in [-0.25, -0.2) is 0 Å². The van der Waals surface area contributed by atoms with Gasteiger partial charge < -0.3 is 0 Å². The fourth-order valence-corrected chi connectivity index (χ4v) is 17.8. The first-order valence-corrected chi connectivity index (χ1v) is 26.3. The molecule has 2 atom stereocenters. The summed E-state index contributed by atoms with van der Waals surface area (Å²) in [6.45, 7) is 13.9. The standard InChI is InChI=1S/C47H72OSi2/c1-7-13-33-49(34-14-8-2,35-15-9-3)39-31-46(41-43-25-21-19-22-26-43)29-30-47(45(46)48,42-44-27-23-20-24-28-44)32-40-50(36-16-10-4,37-17-11-5)38-18-12-6/h19-28H,7-18,29-30,33-38,41-42H2,1-6H3/t46-,47-/m1/s1. The smallest absolute Gasteiger partial charge is 0.169 e. The molecule has 0 aromatic heterocycles. The second kappa shape index (κ2) is 21.9. The average molecular weight is 709 g/mol. The minimum atomic E-state index is -1.88. The summed E-state index contributed by atoms with van der Waals surface area (Å²) in [4.78, 5) is 15.7. The number of ketones is 1. The van der Waals surface area contributed by atoms with Crippen LogP contribution in [0.3, 0.4) is 0 Å². The topological polar surface area (TPSA) is 17.1 Å². The van der Waals surface area contributed by atoms with Crippen molar-refractivity contribution < 1.29 is 4.79 Å². The highest BCUT2D eigenvalue weighted by atomic mass is 28.3. The highest BCUT2D eigenvalue weighted by Crippen LogP contribution is 2.50. The van der Waals surface area contributed by atoms with Crippen molar-refractivity contribution in [3.8, 4) is 22.9 Å². The van der Waals surface area contributed by atoms with Crippen molar-refractivity contribution in [1.82, 2.24) is 0 Å². The summed E-state index contributed by atoms with van der Waals surface area (Å²) in [7, 11) is -3.75. The molecular weight excluding hydrogens is 637 g/mol. The lowest BCUT2D eigenvalue weighted by Crippen LogP contribution is -2.40. The molecule has 0 N–H and O–H groups in total. The van der Waals surface area contributed by atoms with Crippen molar-refractivity contribution in [2.24, 2.45) is 10.8 Å². The molecule has 50 heavy (non-hydrogen) atoms. The van der Waals surface area contributed by atoms with Crippen molar-refractivity contribution in [2.75, 3.05) is 0 Å². The molecule has 2 aromatic rings. The Morgan fingerprint density at radius 2 is 0.760 bits per heavy atom. The fraction of sp³-hybridized carbons (Fsp3) is 0.638. The molecule has 0 aliphatic heterocycles. The summed E-state index contributed by atoms with van der Waals surface area (Å²) in [5, 5.41) is 0. The van der Waals surface area contributed by atoms with Gasteiger partial charge in [0.15, 0.2) is 5.78 Å². The Kier molecular flexibility index (Phi) is 18.4. The number of hydrogen-bond donors (Lipinski definition) is 0. The van der Waals surface area contributed by atoms with Crippen molar-refractivity contribution in [3.05, 3.63) is 71.8 Å². The van der Waals surface area contributed by atoms with Gasteiger partial charge in [-0.2, -0.15) is 0 Å². The second-order valence-corrected chi connectivity index (χ2v) is 24.6. The van der Waals surface area contributed by atoms with Gasteiger partial charge in [0.25, 0.3) is 0 Å². The molecule has 0 radical (unpaired) electrons. The average Bonchev–Trinajstić information content (AvgIpc) is 3.41. The lowest BCUT2D eigenvalue weighted by Gasteiger charge is -2.31. The van der Waals surface area contributed by atoms with Crippen LogP contribution < -0.4 is 0 Å². The molecule has 0 bridgehead atoms. The summed E-state index contributed by atoms with van der Waals surface area (Å²) >= 11 is 0. The Morgan fingerprint density at radius 3 is 1.02 bits per heavy atom. The van der Waals surface area contributed by atoms with Crippen LogP contribution in [0.2, 0.25) is 36.3 Å². The Labute approximate surface area is 311 Å². The Bertz CT molecular complexity index is 1230. The van der Waals surface area contributed by atoms with Crippen molar-refractivity contribution in [3.63, 3.8) is 0 Å². The Hall–Kier alpha value is -2.34. The van der Waals surface area contributed by atoms with Gasteiger partial charge in [-0.05, 0) is 73.1 Å². The van der Waals surface area contributed by atoms with E-state index in [0.29, 0.717) is 18.6 Å². The summed E-state index contributed by atoms with van der Waals surface area (Å²) in [5.41, 5.74) is 9.44. The number of rotatable bonds is 22. The minimum Gasteiger partial charge on any atom is -0.296 e. The molecule has 1 fully saturated rings. The van der Waals surface area contributed by atoms with Crippen LogP contribution in [-0.2, 0) is 17.6 Å². The van der Waals surface area contributed by atoms with Crippen molar-refractivity contribution in [1.29, 1.82) is 0 Å². The molecule has 274 valence electrons. The molecule has 3 rings (SSSR count). The maximum Gasteiger partial charge on any atom is 0.169 e. The molecule has 1 aliphatic rings. The first kappa shape index (κ1) is 42.1. The molecule has 0 saturated heterocycles. The maximum absolute atomic E-state index is 15.7. The maximum atomic E-state index is 15.7. The van der Waals surface area contributed by atoms with E-state index >= 15 is 4.79 Å². The van der Waals surface area contributed by atoms with Gasteiger partial charge in [-0.3, -0.25) is 4.79 Å². The monoisotopic (exact) mass is 709 g/mol. The molecule has 1 aliphatic carbocycles. The number of carbonyl (C=O) groups excluding carboxylic acids is 1. The fourth-order valence-electron chi connectivity index (χ4n) is 8.39. The highest BCUT2D eigenvalue weighted by molar-refractivity contribution is 6.87. The summed E-state index contributed by atoms with van der Waals surface area (Å²) in [6.07, 6.45) is 18.0. The van der Waals surface area contributed by atoms with Gasteiger partial charge in [0.05, 0.1) is 10.8 Å². The van der Waals surface area contributed by atoms with Crippen LogP contribution in [0.5, 0.6) is 0 Å². The SMILES string of the molecule is CCCC[Si](C#C[C@@]1(Cc2ccccc2)CC[C@@](C#C[Si](CCCC)(CCCC)CCCC)(Cc2ccccc2)C1=O)(CCCC)CCCC. The van der Waals surface area contributed by atoms with Crippen LogP contribution in [0.25, 0.3) is 0 Å². The number of Topliss-reactive ketones (excluding diaryl/α,β-unsaturated/α-hetero) is 1. The minimum absolute atomic E-state index is 0.339. The van der Waals surface area contributed by atoms with Crippen LogP contribution >= 0.6 is 0 Å². The summed E-state index contributed by atoms with van der Waals surface area (Å²) < 4.78 is 0. The van der Waals surface area contributed by atoms with Crippen LogP contribution in [-0.4, -0.2) is 21.9 Å². The molecule has 0 spiro atoms. The molecule has 0 amide bonds. The van der Waals surface area contributed by atoms with Gasteiger partial charge in [0.2, 0.25) is 0 Å². The third-order valence-corrected chi connectivity index (χ3v) is 20.9. The molecule has 1 nitrogen and oxygen atoms in total. The second-order valence-electron chi connectivity index (χ2n) is 16.0. The third kappa shape index (κ3) is 12.1. The van der Waals surface area contributed by atoms with Gasteiger partial charge in [-0.1, -0.05) is 191 Å². The van der Waals surface area contributed by atoms with Gasteiger partial charge in [-0.15, -0.1) is 11.1 Å². The lowest BCUT2D eigenvalue weighted by molar-refractivity contribution is -0.129. The van der Waals surface area contributed by atoms with Crippen LogP contribution in [0.4, 0.5) is 0 Å². The Balaban J connectivity index is 2.26. The number of carbonyl (C=O) groups is 1. The number of unbranched alkanes of at least 4 members (excludes halogenated alkanes) is 6. The molecule has 0 heterocycles. The highest BCUT2D eigenvalue weighted by Gasteiger charge is 2.55. The van der Waals surface area contributed by atoms with E-state index in [1.54, 1.807) is 0 Å². The number of hydrogen-bond acceptors (Lipinski definition) is 1. The third-order valence-electron chi connectivity index (χ3n) is 11.7. The molecular formula is C47H72OSi2. The molecule has 3 heteroatoms. The quantitative estimate of drug-likeness (QED) is 0.0879. The van der Waals surface area contributed by atoms with Crippen LogP contribution in [0, 0.1) is 33.8 Å². The van der Waals surface area contributed by atoms with E-state index in [1.807, 2.05) is 0 Å². The van der Waals surface area contributed by atoms with Crippen molar-refractivity contribution >= 4 is 21.9 Å². The number of benzene rings is 2. The first-order chi connectivity index (χ1) is 24.3. The Morgan fingerprint density at radius 1 is 0.480 bits per heavy atom. The zero-order chi connectivity index (χ0) is 36.2. The van der Waals surface area contributed by atoms with E-state index < -0.39 is 27.0 Å². The zero-order valence-corrected chi connectivity index (χ0v) is 35.2. The summed E-state index contributed by atoms with van der Waals surface area (Å²) in [5.74, 6) is 8.35.